The zero-order chi connectivity index (χ0) is 14.9. The summed E-state index contributed by atoms with van der Waals surface area (Å²) in [6.45, 7) is 1.49. The van der Waals surface area contributed by atoms with E-state index in [0.717, 1.165) is 0 Å². The number of carbonyl (C=O) groups is 2. The Kier molecular flexibility index (Phi) is 4.09. The van der Waals surface area contributed by atoms with Gasteiger partial charge in [0.05, 0.1) is 12.1 Å². The number of nitrogens with zero attached hydrogens (tertiary/aromatic N) is 1. The number of rotatable bonds is 3. The predicted octanol–water partition coefficient (Wildman–Crippen LogP) is 2.96. The van der Waals surface area contributed by atoms with Gasteiger partial charge in [-0.05, 0) is 25.5 Å². The van der Waals surface area contributed by atoms with E-state index >= 15 is 0 Å². The lowest BCUT2D eigenvalue weighted by Gasteiger charge is -2.29. The smallest absolute Gasteiger partial charge is 0.333 e. The Bertz CT molecular complexity index is 592. The number of aliphatic carboxylic acids is 1. The molecule has 0 saturated heterocycles. The zero-order valence-corrected chi connectivity index (χ0v) is 11.6. The maximum absolute atomic E-state index is 13.8. The second kappa shape index (κ2) is 5.63. The van der Waals surface area contributed by atoms with Gasteiger partial charge in [0.25, 0.3) is 0 Å². The van der Waals surface area contributed by atoms with Gasteiger partial charge in [0.15, 0.2) is 0 Å². The Labute approximate surface area is 120 Å². The molecular formula is C14H13ClFNO3. The second-order valence-corrected chi connectivity index (χ2v) is 4.96. The van der Waals surface area contributed by atoms with Gasteiger partial charge >= 0.3 is 5.97 Å². The number of amides is 1. The summed E-state index contributed by atoms with van der Waals surface area (Å²) in [6.07, 6.45) is 0.298. The largest absolute Gasteiger partial charge is 0.478 e. The van der Waals surface area contributed by atoms with Crippen molar-refractivity contribution in [2.24, 2.45) is 0 Å². The first-order valence-corrected chi connectivity index (χ1v) is 6.46. The summed E-state index contributed by atoms with van der Waals surface area (Å²) in [5.74, 6) is -1.80. The van der Waals surface area contributed by atoms with Crippen molar-refractivity contribution in [2.75, 3.05) is 0 Å². The first kappa shape index (κ1) is 14.5. The van der Waals surface area contributed by atoms with E-state index in [2.05, 4.69) is 0 Å². The van der Waals surface area contributed by atoms with E-state index in [1.165, 1.54) is 23.1 Å². The van der Waals surface area contributed by atoms with Crippen LogP contribution in [-0.4, -0.2) is 21.9 Å². The maximum Gasteiger partial charge on any atom is 0.333 e. The zero-order valence-electron chi connectivity index (χ0n) is 10.8. The van der Waals surface area contributed by atoms with E-state index in [-0.39, 0.29) is 41.5 Å². The number of hydrogen-bond acceptors (Lipinski definition) is 2. The van der Waals surface area contributed by atoms with Crippen LogP contribution in [0.15, 0.2) is 29.5 Å². The molecule has 6 heteroatoms. The Balaban J connectivity index is 2.38. The molecule has 0 radical (unpaired) electrons. The Morgan fingerprint density at radius 1 is 1.45 bits per heavy atom. The van der Waals surface area contributed by atoms with Crippen LogP contribution >= 0.6 is 11.6 Å². The van der Waals surface area contributed by atoms with Gasteiger partial charge in [-0.2, -0.15) is 0 Å². The van der Waals surface area contributed by atoms with Gasteiger partial charge in [-0.15, -0.1) is 0 Å². The predicted molar refractivity (Wildman–Crippen MR) is 71.5 cm³/mol. The molecule has 106 valence electrons. The molecule has 0 atom stereocenters. The lowest BCUT2D eigenvalue weighted by Crippen LogP contribution is -2.34. The monoisotopic (exact) mass is 297 g/mol. The fourth-order valence-corrected chi connectivity index (χ4v) is 2.43. The minimum Gasteiger partial charge on any atom is -0.478 e. The lowest BCUT2D eigenvalue weighted by molar-refractivity contribution is -0.134. The SMILES string of the molecule is CC1=C(C(=O)O)CCC(=O)N1Cc1c(F)cccc1Cl. The minimum absolute atomic E-state index is 0.0625. The fourth-order valence-electron chi connectivity index (χ4n) is 2.21. The van der Waals surface area contributed by atoms with Crippen LogP contribution in [0.1, 0.15) is 25.3 Å². The Morgan fingerprint density at radius 2 is 2.15 bits per heavy atom. The van der Waals surface area contributed by atoms with E-state index < -0.39 is 11.8 Å². The summed E-state index contributed by atoms with van der Waals surface area (Å²) < 4.78 is 13.8. The van der Waals surface area contributed by atoms with Crippen LogP contribution in [0.5, 0.6) is 0 Å². The van der Waals surface area contributed by atoms with Crippen LogP contribution in [0.4, 0.5) is 4.39 Å². The van der Waals surface area contributed by atoms with Gasteiger partial charge < -0.3 is 10.0 Å². The summed E-state index contributed by atoms with van der Waals surface area (Å²) in [5.41, 5.74) is 0.707. The van der Waals surface area contributed by atoms with Crippen LogP contribution in [0, 0.1) is 5.82 Å². The van der Waals surface area contributed by atoms with Gasteiger partial charge in [-0.3, -0.25) is 4.79 Å². The van der Waals surface area contributed by atoms with Crippen molar-refractivity contribution in [1.29, 1.82) is 0 Å². The molecule has 0 aliphatic carbocycles. The number of hydrogen-bond donors (Lipinski definition) is 1. The normalized spacial score (nSPS) is 15.8. The highest BCUT2D eigenvalue weighted by atomic mass is 35.5. The van der Waals surface area contributed by atoms with Gasteiger partial charge in [0, 0.05) is 22.7 Å². The van der Waals surface area contributed by atoms with Crippen molar-refractivity contribution < 1.29 is 19.1 Å². The van der Waals surface area contributed by atoms with E-state index in [1.807, 2.05) is 0 Å². The van der Waals surface area contributed by atoms with E-state index in [4.69, 9.17) is 16.7 Å². The summed E-state index contributed by atoms with van der Waals surface area (Å²) in [6, 6.07) is 4.27. The third kappa shape index (κ3) is 2.67. The molecule has 0 unspecified atom stereocenters. The average Bonchev–Trinajstić information content (AvgIpc) is 2.36. The quantitative estimate of drug-likeness (QED) is 0.933. The summed E-state index contributed by atoms with van der Waals surface area (Å²) in [7, 11) is 0. The Morgan fingerprint density at radius 3 is 2.75 bits per heavy atom. The first-order valence-electron chi connectivity index (χ1n) is 6.08. The van der Waals surface area contributed by atoms with Gasteiger partial charge in [0.2, 0.25) is 5.91 Å². The summed E-state index contributed by atoms with van der Waals surface area (Å²) in [5, 5.41) is 9.31. The molecule has 1 amide bonds. The molecule has 0 aromatic heterocycles. The van der Waals surface area contributed by atoms with Gasteiger partial charge in [0.1, 0.15) is 5.82 Å². The van der Waals surface area contributed by atoms with Crippen LogP contribution in [0.2, 0.25) is 5.02 Å². The highest BCUT2D eigenvalue weighted by Crippen LogP contribution is 2.28. The molecule has 4 nitrogen and oxygen atoms in total. The number of carboxylic acids is 1. The molecule has 1 aromatic rings. The number of halogens is 2. The highest BCUT2D eigenvalue weighted by Gasteiger charge is 2.28. The minimum atomic E-state index is -1.06. The molecule has 1 aromatic carbocycles. The standard InChI is InChI=1S/C14H13ClFNO3/c1-8-9(14(19)20)5-6-13(18)17(8)7-10-11(15)3-2-4-12(10)16/h2-4H,5-7H2,1H3,(H,19,20). The Hall–Kier alpha value is -1.88. The molecule has 2 rings (SSSR count). The number of carbonyl (C=O) groups excluding carboxylic acids is 1. The van der Waals surface area contributed by atoms with Crippen molar-refractivity contribution in [3.05, 3.63) is 45.9 Å². The maximum atomic E-state index is 13.8. The molecule has 20 heavy (non-hydrogen) atoms. The van der Waals surface area contributed by atoms with Crippen molar-refractivity contribution >= 4 is 23.5 Å². The number of carboxylic acid groups (broad SMARTS) is 1. The molecule has 1 aliphatic rings. The molecule has 1 aliphatic heterocycles. The lowest BCUT2D eigenvalue weighted by atomic mass is 10.0. The van der Waals surface area contributed by atoms with Crippen molar-refractivity contribution in [3.63, 3.8) is 0 Å². The molecule has 0 bridgehead atoms. The molecule has 0 fully saturated rings. The topological polar surface area (TPSA) is 57.6 Å². The molecular weight excluding hydrogens is 285 g/mol. The summed E-state index contributed by atoms with van der Waals surface area (Å²) >= 11 is 5.93. The number of benzene rings is 1. The van der Waals surface area contributed by atoms with E-state index in [1.54, 1.807) is 6.92 Å². The molecule has 0 saturated carbocycles. The summed E-state index contributed by atoms with van der Waals surface area (Å²) in [4.78, 5) is 24.3. The molecule has 1 heterocycles. The molecule has 0 spiro atoms. The van der Waals surface area contributed by atoms with Crippen LogP contribution in [-0.2, 0) is 16.1 Å². The van der Waals surface area contributed by atoms with Crippen molar-refractivity contribution in [2.45, 2.75) is 26.3 Å². The second-order valence-electron chi connectivity index (χ2n) is 4.55. The van der Waals surface area contributed by atoms with Gasteiger partial charge in [-0.1, -0.05) is 17.7 Å². The third-order valence-corrected chi connectivity index (χ3v) is 3.72. The van der Waals surface area contributed by atoms with Crippen molar-refractivity contribution in [1.82, 2.24) is 4.90 Å². The van der Waals surface area contributed by atoms with Gasteiger partial charge in [-0.25, -0.2) is 9.18 Å². The van der Waals surface area contributed by atoms with E-state index in [0.29, 0.717) is 5.70 Å². The third-order valence-electron chi connectivity index (χ3n) is 3.37. The van der Waals surface area contributed by atoms with Crippen molar-refractivity contribution in [3.8, 4) is 0 Å². The number of allylic oxidation sites excluding steroid dienone is 1. The van der Waals surface area contributed by atoms with Crippen LogP contribution in [0.25, 0.3) is 0 Å². The van der Waals surface area contributed by atoms with E-state index in [9.17, 15) is 14.0 Å². The highest BCUT2D eigenvalue weighted by molar-refractivity contribution is 6.31. The fraction of sp³-hybridized carbons (Fsp3) is 0.286. The van der Waals surface area contributed by atoms with Crippen LogP contribution in [0.3, 0.4) is 0 Å². The van der Waals surface area contributed by atoms with Crippen LogP contribution < -0.4 is 0 Å². The molecule has 1 N–H and O–H groups in total. The average molecular weight is 298 g/mol. The first-order chi connectivity index (χ1) is 9.41.